The van der Waals surface area contributed by atoms with E-state index in [4.69, 9.17) is 9.47 Å². The molecule has 2 aliphatic heterocycles. The fraction of sp³-hybridized carbons (Fsp3) is 0.545. The van der Waals surface area contributed by atoms with Crippen molar-refractivity contribution in [1.82, 2.24) is 4.57 Å². The lowest BCUT2D eigenvalue weighted by molar-refractivity contribution is 0.0498. The van der Waals surface area contributed by atoms with E-state index in [0.29, 0.717) is 35.2 Å². The second-order valence-corrected chi connectivity index (χ2v) is 11.8. The molecular weight excluding hydrogens is 491 g/mol. The average Bonchev–Trinajstić information content (AvgIpc) is 3.42. The van der Waals surface area contributed by atoms with Crippen molar-refractivity contribution >= 4 is 16.5 Å². The molecule has 0 amide bonds. The molecule has 0 spiro atoms. The maximum atomic E-state index is 15.4. The van der Waals surface area contributed by atoms with Crippen LogP contribution in [0.25, 0.3) is 16.5 Å². The summed E-state index contributed by atoms with van der Waals surface area (Å²) < 4.78 is 28.4. The molecule has 2 saturated heterocycles. The Bertz CT molecular complexity index is 1320. The molecule has 3 aromatic rings. The highest BCUT2D eigenvalue weighted by atomic mass is 19.1. The monoisotopic (exact) mass is 532 g/mol. The van der Waals surface area contributed by atoms with Gasteiger partial charge in [-0.25, -0.2) is 4.39 Å². The third-order valence-corrected chi connectivity index (χ3v) is 9.29. The predicted molar refractivity (Wildman–Crippen MR) is 155 cm³/mol. The van der Waals surface area contributed by atoms with Crippen LogP contribution in [0.1, 0.15) is 64.2 Å². The normalized spacial score (nSPS) is 21.7. The number of ether oxygens (including phenoxy) is 2. The fourth-order valence-corrected chi connectivity index (χ4v) is 6.90. The van der Waals surface area contributed by atoms with Crippen LogP contribution in [0.4, 0.5) is 10.1 Å². The number of halogens is 1. The molecule has 208 valence electrons. The highest BCUT2D eigenvalue weighted by Gasteiger charge is 2.30. The molecule has 6 rings (SSSR count). The molecular formula is C33H41FN2O3. The lowest BCUT2D eigenvalue weighted by atomic mass is 9.81. The molecule has 1 saturated carbocycles. The molecule has 1 aliphatic carbocycles. The second kappa shape index (κ2) is 12.1. The van der Waals surface area contributed by atoms with Gasteiger partial charge in [0.1, 0.15) is 11.6 Å². The van der Waals surface area contributed by atoms with Crippen molar-refractivity contribution in [2.24, 2.45) is 17.8 Å². The summed E-state index contributed by atoms with van der Waals surface area (Å²) in [4.78, 5) is 15.6. The first kappa shape index (κ1) is 26.4. The lowest BCUT2D eigenvalue weighted by Crippen LogP contribution is -2.24. The van der Waals surface area contributed by atoms with E-state index in [9.17, 15) is 4.79 Å². The van der Waals surface area contributed by atoms with Gasteiger partial charge < -0.3 is 14.4 Å². The predicted octanol–water partition coefficient (Wildman–Crippen LogP) is 7.12. The topological polar surface area (TPSA) is 43.7 Å². The fourth-order valence-electron chi connectivity index (χ4n) is 6.90. The SMILES string of the molecule is O=c1c2ccc(OCC3CCOCC3)cc2ccn1-c1ccc(N2CC[C@@H](C3CCCCCCC3)C2)c(F)c1. The number of anilines is 1. The minimum absolute atomic E-state index is 0.152. The van der Waals surface area contributed by atoms with Crippen molar-refractivity contribution in [3.63, 3.8) is 0 Å². The van der Waals surface area contributed by atoms with Gasteiger partial charge in [0.2, 0.25) is 0 Å². The minimum Gasteiger partial charge on any atom is -0.493 e. The summed E-state index contributed by atoms with van der Waals surface area (Å²) in [6.45, 7) is 4.11. The van der Waals surface area contributed by atoms with Crippen molar-refractivity contribution in [3.8, 4) is 11.4 Å². The summed E-state index contributed by atoms with van der Waals surface area (Å²) >= 11 is 0. The van der Waals surface area contributed by atoms with Crippen LogP contribution >= 0.6 is 0 Å². The van der Waals surface area contributed by atoms with Gasteiger partial charge in [0, 0.05) is 44.0 Å². The van der Waals surface area contributed by atoms with Gasteiger partial charge >= 0.3 is 0 Å². The van der Waals surface area contributed by atoms with Crippen molar-refractivity contribution in [1.29, 1.82) is 0 Å². The number of nitrogens with zero attached hydrogens (tertiary/aromatic N) is 2. The zero-order valence-corrected chi connectivity index (χ0v) is 23.0. The molecule has 0 N–H and O–H groups in total. The van der Waals surface area contributed by atoms with Crippen LogP contribution in [0.2, 0.25) is 0 Å². The number of hydrogen-bond donors (Lipinski definition) is 0. The maximum absolute atomic E-state index is 15.4. The molecule has 0 radical (unpaired) electrons. The minimum atomic E-state index is -0.255. The number of fused-ring (bicyclic) bond motifs is 1. The number of pyridine rings is 1. The Balaban J connectivity index is 1.15. The third kappa shape index (κ3) is 6.01. The molecule has 3 aliphatic rings. The summed E-state index contributed by atoms with van der Waals surface area (Å²) in [6, 6.07) is 12.7. The highest BCUT2D eigenvalue weighted by Crippen LogP contribution is 2.36. The molecule has 0 unspecified atom stereocenters. The van der Waals surface area contributed by atoms with E-state index in [1.54, 1.807) is 10.8 Å². The quantitative estimate of drug-likeness (QED) is 0.339. The first-order valence-electron chi connectivity index (χ1n) is 15.1. The average molecular weight is 533 g/mol. The number of hydrogen-bond acceptors (Lipinski definition) is 4. The Morgan fingerprint density at radius 3 is 2.46 bits per heavy atom. The van der Waals surface area contributed by atoms with Gasteiger partial charge in [-0.2, -0.15) is 0 Å². The van der Waals surface area contributed by atoms with Gasteiger partial charge in [0.15, 0.2) is 0 Å². The summed E-state index contributed by atoms with van der Waals surface area (Å²) in [7, 11) is 0. The first-order chi connectivity index (χ1) is 19.2. The first-order valence-corrected chi connectivity index (χ1v) is 15.1. The number of benzene rings is 2. The van der Waals surface area contributed by atoms with Crippen molar-refractivity contribution in [2.75, 3.05) is 37.8 Å². The standard InChI is InChI=1S/C33H41FN2O3/c34-31-21-28(8-11-32(31)35-16-12-27(22-35)25-6-4-2-1-3-5-7-25)36-17-13-26-20-29(9-10-30(26)33(36)37)39-23-24-14-18-38-19-15-24/h8-11,13,17,20-21,24-25,27H,1-7,12,14-16,18-19,22-23H2/t27-/m1/s1. The van der Waals surface area contributed by atoms with Crippen LogP contribution in [-0.4, -0.2) is 37.5 Å². The van der Waals surface area contributed by atoms with Gasteiger partial charge in [-0.3, -0.25) is 9.36 Å². The van der Waals surface area contributed by atoms with Crippen LogP contribution in [-0.2, 0) is 4.74 Å². The van der Waals surface area contributed by atoms with E-state index in [0.717, 1.165) is 62.6 Å². The molecule has 2 aromatic carbocycles. The van der Waals surface area contributed by atoms with Gasteiger partial charge in [-0.15, -0.1) is 0 Å². The Morgan fingerprint density at radius 1 is 0.872 bits per heavy atom. The van der Waals surface area contributed by atoms with Crippen LogP contribution in [0.15, 0.2) is 53.5 Å². The zero-order valence-electron chi connectivity index (χ0n) is 23.0. The Hall–Kier alpha value is -2.86. The summed E-state index contributed by atoms with van der Waals surface area (Å²) in [5.74, 6) is 2.46. The van der Waals surface area contributed by atoms with Crippen LogP contribution in [0.3, 0.4) is 0 Å². The Kier molecular flexibility index (Phi) is 8.19. The van der Waals surface area contributed by atoms with Crippen molar-refractivity contribution < 1.29 is 13.9 Å². The summed E-state index contributed by atoms with van der Waals surface area (Å²) in [6.07, 6.45) is 14.4. The Labute approximate surface area is 230 Å². The lowest BCUT2D eigenvalue weighted by Gasteiger charge is -2.26. The van der Waals surface area contributed by atoms with Gasteiger partial charge in [0.25, 0.3) is 5.56 Å². The van der Waals surface area contributed by atoms with Crippen LogP contribution < -0.4 is 15.2 Å². The molecule has 39 heavy (non-hydrogen) atoms. The molecule has 6 heteroatoms. The van der Waals surface area contributed by atoms with Gasteiger partial charge in [0.05, 0.1) is 18.0 Å². The second-order valence-electron chi connectivity index (χ2n) is 11.8. The maximum Gasteiger partial charge on any atom is 0.262 e. The van der Waals surface area contributed by atoms with Crippen LogP contribution in [0.5, 0.6) is 5.75 Å². The molecule has 3 fully saturated rings. The number of aromatic nitrogens is 1. The van der Waals surface area contributed by atoms with E-state index in [-0.39, 0.29) is 11.4 Å². The van der Waals surface area contributed by atoms with Crippen molar-refractivity contribution in [3.05, 3.63) is 64.8 Å². The smallest absolute Gasteiger partial charge is 0.262 e. The van der Waals surface area contributed by atoms with E-state index in [1.807, 2.05) is 36.4 Å². The highest BCUT2D eigenvalue weighted by molar-refractivity contribution is 5.83. The largest absolute Gasteiger partial charge is 0.493 e. The molecule has 0 bridgehead atoms. The molecule has 3 heterocycles. The van der Waals surface area contributed by atoms with Crippen LogP contribution in [0, 0.1) is 23.6 Å². The van der Waals surface area contributed by atoms with E-state index in [2.05, 4.69) is 4.90 Å². The molecule has 1 atom stereocenters. The van der Waals surface area contributed by atoms with E-state index < -0.39 is 0 Å². The van der Waals surface area contributed by atoms with Crippen molar-refractivity contribution in [2.45, 2.75) is 64.2 Å². The Morgan fingerprint density at radius 2 is 1.67 bits per heavy atom. The van der Waals surface area contributed by atoms with Gasteiger partial charge in [-0.1, -0.05) is 44.9 Å². The third-order valence-electron chi connectivity index (χ3n) is 9.29. The zero-order chi connectivity index (χ0) is 26.6. The van der Waals surface area contributed by atoms with E-state index >= 15 is 4.39 Å². The summed E-state index contributed by atoms with van der Waals surface area (Å²) in [5.41, 5.74) is 1.06. The molecule has 1 aromatic heterocycles. The van der Waals surface area contributed by atoms with E-state index in [1.165, 1.54) is 51.0 Å². The number of rotatable bonds is 6. The van der Waals surface area contributed by atoms with Gasteiger partial charge in [-0.05, 0) is 78.8 Å². The molecule has 5 nitrogen and oxygen atoms in total. The summed E-state index contributed by atoms with van der Waals surface area (Å²) in [5, 5.41) is 1.43.